The Balaban J connectivity index is 2.72. The van der Waals surface area contributed by atoms with Gasteiger partial charge in [-0.3, -0.25) is 4.79 Å². The van der Waals surface area contributed by atoms with Crippen LogP contribution < -0.4 is 0 Å². The van der Waals surface area contributed by atoms with Crippen molar-refractivity contribution in [2.75, 3.05) is 0 Å². The van der Waals surface area contributed by atoms with Crippen LogP contribution in [0.2, 0.25) is 0 Å². The van der Waals surface area contributed by atoms with Crippen LogP contribution in [0, 0.1) is 5.41 Å². The smallest absolute Gasteiger partial charge is 0.160 e. The van der Waals surface area contributed by atoms with Gasteiger partial charge in [0.2, 0.25) is 0 Å². The molecule has 0 aromatic heterocycles. The lowest BCUT2D eigenvalue weighted by molar-refractivity contribution is -0.115. The van der Waals surface area contributed by atoms with Crippen molar-refractivity contribution < 1.29 is 4.79 Å². The molecule has 0 bridgehead atoms. The van der Waals surface area contributed by atoms with Crippen molar-refractivity contribution in [3.05, 3.63) is 9.15 Å². The van der Waals surface area contributed by atoms with Crippen LogP contribution in [0.1, 0.15) is 52.9 Å². The highest BCUT2D eigenvalue weighted by atomic mass is 127. The van der Waals surface area contributed by atoms with Crippen LogP contribution in [0.25, 0.3) is 0 Å². The average Bonchev–Trinajstić information content (AvgIpc) is 2.35. The molecular weight excluding hydrogens is 287 g/mol. The summed E-state index contributed by atoms with van der Waals surface area (Å²) in [5, 5.41) is 0. The van der Waals surface area contributed by atoms with E-state index >= 15 is 0 Å². The molecule has 0 spiro atoms. The molecule has 14 heavy (non-hydrogen) atoms. The summed E-state index contributed by atoms with van der Waals surface area (Å²) < 4.78 is 1.31. The van der Waals surface area contributed by atoms with Gasteiger partial charge >= 0.3 is 0 Å². The number of ketones is 1. The summed E-state index contributed by atoms with van der Waals surface area (Å²) in [4.78, 5) is 11.7. The lowest BCUT2D eigenvalue weighted by atomic mass is 9.91. The Bertz CT molecular complexity index is 263. The number of hydrogen-bond acceptors (Lipinski definition) is 1. The molecule has 1 saturated carbocycles. The maximum absolute atomic E-state index is 11.7. The fourth-order valence-corrected chi connectivity index (χ4v) is 2.78. The van der Waals surface area contributed by atoms with E-state index in [1.54, 1.807) is 0 Å². The summed E-state index contributed by atoms with van der Waals surface area (Å²) in [6, 6.07) is 0. The predicted molar refractivity (Wildman–Crippen MR) is 68.6 cm³/mol. The minimum absolute atomic E-state index is 0.203. The third-order valence-electron chi connectivity index (χ3n) is 2.71. The molecule has 1 rings (SSSR count). The molecule has 2 heteroatoms. The van der Waals surface area contributed by atoms with Gasteiger partial charge in [0.1, 0.15) is 0 Å². The van der Waals surface area contributed by atoms with Crippen molar-refractivity contribution in [3.63, 3.8) is 0 Å². The van der Waals surface area contributed by atoms with Gasteiger partial charge in [0, 0.05) is 12.0 Å². The average molecular weight is 306 g/mol. The van der Waals surface area contributed by atoms with Crippen LogP contribution >= 0.6 is 22.6 Å². The molecule has 0 N–H and O–H groups in total. The number of halogens is 1. The van der Waals surface area contributed by atoms with E-state index in [0.29, 0.717) is 5.78 Å². The molecular formula is C12H19IO. The number of allylic oxidation sites excluding steroid dienone is 2. The SMILES string of the molecule is CCCCC(I)=C1CC(C)(C)CC1=O. The third-order valence-corrected chi connectivity index (χ3v) is 3.90. The molecule has 1 aliphatic carbocycles. The van der Waals surface area contributed by atoms with Crippen LogP contribution in [-0.4, -0.2) is 5.78 Å². The number of unbranched alkanes of at least 4 members (excludes halogenated alkanes) is 1. The van der Waals surface area contributed by atoms with Crippen LogP contribution in [0.4, 0.5) is 0 Å². The number of Topliss-reactive ketones (excluding diaryl/α,β-unsaturated/α-hetero) is 1. The van der Waals surface area contributed by atoms with Gasteiger partial charge in [-0.15, -0.1) is 0 Å². The monoisotopic (exact) mass is 306 g/mol. The van der Waals surface area contributed by atoms with Crippen molar-refractivity contribution >= 4 is 28.4 Å². The molecule has 80 valence electrons. The van der Waals surface area contributed by atoms with Crippen LogP contribution in [0.15, 0.2) is 9.15 Å². The maximum Gasteiger partial charge on any atom is 0.160 e. The van der Waals surface area contributed by atoms with Crippen molar-refractivity contribution in [1.82, 2.24) is 0 Å². The largest absolute Gasteiger partial charge is 0.295 e. The van der Waals surface area contributed by atoms with E-state index in [1.807, 2.05) is 0 Å². The van der Waals surface area contributed by atoms with E-state index in [9.17, 15) is 4.79 Å². The minimum Gasteiger partial charge on any atom is -0.295 e. The Morgan fingerprint density at radius 1 is 1.43 bits per heavy atom. The Morgan fingerprint density at radius 3 is 2.50 bits per heavy atom. The van der Waals surface area contributed by atoms with Crippen LogP contribution in [0.5, 0.6) is 0 Å². The molecule has 1 nitrogen and oxygen atoms in total. The summed E-state index contributed by atoms with van der Waals surface area (Å²) in [5.74, 6) is 0.385. The quantitative estimate of drug-likeness (QED) is 0.562. The van der Waals surface area contributed by atoms with Crippen LogP contribution in [0.3, 0.4) is 0 Å². The summed E-state index contributed by atoms with van der Waals surface area (Å²) in [6.07, 6.45) is 5.22. The van der Waals surface area contributed by atoms with Gasteiger partial charge in [0.05, 0.1) is 0 Å². The molecule has 0 radical (unpaired) electrons. The van der Waals surface area contributed by atoms with Crippen molar-refractivity contribution in [3.8, 4) is 0 Å². The molecule has 0 heterocycles. The number of hydrogen-bond donors (Lipinski definition) is 0. The number of carbonyl (C=O) groups is 1. The zero-order valence-corrected chi connectivity index (χ0v) is 11.5. The Kier molecular flexibility index (Phi) is 4.16. The Morgan fingerprint density at radius 2 is 2.07 bits per heavy atom. The van der Waals surface area contributed by atoms with E-state index in [0.717, 1.165) is 24.8 Å². The molecule has 0 aliphatic heterocycles. The Hall–Kier alpha value is 0.140. The summed E-state index contributed by atoms with van der Waals surface area (Å²) in [7, 11) is 0. The first kappa shape index (κ1) is 12.2. The van der Waals surface area contributed by atoms with Gasteiger partial charge in [0.25, 0.3) is 0 Å². The fraction of sp³-hybridized carbons (Fsp3) is 0.750. The summed E-state index contributed by atoms with van der Waals surface area (Å²) in [5.41, 5.74) is 1.32. The first-order valence-electron chi connectivity index (χ1n) is 5.37. The zero-order chi connectivity index (χ0) is 10.8. The van der Waals surface area contributed by atoms with Gasteiger partial charge in [-0.25, -0.2) is 0 Å². The highest BCUT2D eigenvalue weighted by Gasteiger charge is 2.34. The minimum atomic E-state index is 0.203. The fourth-order valence-electron chi connectivity index (χ4n) is 1.91. The van der Waals surface area contributed by atoms with E-state index < -0.39 is 0 Å². The number of rotatable bonds is 3. The molecule has 0 aromatic carbocycles. The molecule has 0 aromatic rings. The molecule has 0 saturated heterocycles. The highest BCUT2D eigenvalue weighted by molar-refractivity contribution is 14.1. The molecule has 0 amide bonds. The first-order chi connectivity index (χ1) is 6.46. The van der Waals surface area contributed by atoms with E-state index in [4.69, 9.17) is 0 Å². The van der Waals surface area contributed by atoms with E-state index in [1.165, 1.54) is 16.4 Å². The lowest BCUT2D eigenvalue weighted by Gasteiger charge is -2.13. The second-order valence-corrected chi connectivity index (χ2v) is 6.23. The standard InChI is InChI=1S/C12H19IO/c1-4-5-6-10(13)9-7-12(2,3)8-11(9)14/h4-8H2,1-3H3. The van der Waals surface area contributed by atoms with Gasteiger partial charge in [0.15, 0.2) is 5.78 Å². The summed E-state index contributed by atoms with van der Waals surface area (Å²) in [6.45, 7) is 6.55. The van der Waals surface area contributed by atoms with Gasteiger partial charge in [-0.1, -0.05) is 27.2 Å². The normalized spacial score (nSPS) is 24.1. The molecule has 0 unspecified atom stereocenters. The van der Waals surface area contributed by atoms with Gasteiger partial charge in [-0.05, 0) is 50.8 Å². The Labute approximate surface area is 100 Å². The maximum atomic E-state index is 11.7. The van der Waals surface area contributed by atoms with E-state index in [-0.39, 0.29) is 5.41 Å². The first-order valence-corrected chi connectivity index (χ1v) is 6.45. The number of carbonyl (C=O) groups excluding carboxylic acids is 1. The third kappa shape index (κ3) is 3.07. The van der Waals surface area contributed by atoms with Crippen LogP contribution in [-0.2, 0) is 4.79 Å². The van der Waals surface area contributed by atoms with E-state index in [2.05, 4.69) is 43.4 Å². The second-order valence-electron chi connectivity index (χ2n) is 4.93. The van der Waals surface area contributed by atoms with Crippen molar-refractivity contribution in [1.29, 1.82) is 0 Å². The highest BCUT2D eigenvalue weighted by Crippen LogP contribution is 2.41. The molecule has 1 aliphatic rings. The molecule has 1 fully saturated rings. The topological polar surface area (TPSA) is 17.1 Å². The zero-order valence-electron chi connectivity index (χ0n) is 9.32. The van der Waals surface area contributed by atoms with Crippen molar-refractivity contribution in [2.45, 2.75) is 52.9 Å². The van der Waals surface area contributed by atoms with Gasteiger partial charge in [-0.2, -0.15) is 0 Å². The van der Waals surface area contributed by atoms with Crippen molar-refractivity contribution in [2.24, 2.45) is 5.41 Å². The molecule has 0 atom stereocenters. The summed E-state index contributed by atoms with van der Waals surface area (Å²) >= 11 is 2.36. The lowest BCUT2D eigenvalue weighted by Crippen LogP contribution is -2.04. The predicted octanol–water partition coefficient (Wildman–Crippen LogP) is 4.25. The second kappa shape index (κ2) is 4.77. The van der Waals surface area contributed by atoms with Gasteiger partial charge < -0.3 is 0 Å².